The van der Waals surface area contributed by atoms with Crippen LogP contribution in [0.15, 0.2) is 47.5 Å². The highest BCUT2D eigenvalue weighted by molar-refractivity contribution is 5.94. The first-order valence-corrected chi connectivity index (χ1v) is 10.2. The van der Waals surface area contributed by atoms with E-state index in [1.807, 2.05) is 25.1 Å². The van der Waals surface area contributed by atoms with Gasteiger partial charge >= 0.3 is 0 Å². The summed E-state index contributed by atoms with van der Waals surface area (Å²) < 4.78 is 16.0. The number of guanidine groups is 1. The van der Waals surface area contributed by atoms with Gasteiger partial charge in [-0.3, -0.25) is 9.79 Å². The van der Waals surface area contributed by atoms with Gasteiger partial charge in [-0.1, -0.05) is 12.1 Å². The third kappa shape index (κ3) is 8.18. The van der Waals surface area contributed by atoms with Gasteiger partial charge in [0.05, 0.1) is 13.7 Å². The monoisotopic (exact) mass is 428 g/mol. The van der Waals surface area contributed by atoms with E-state index in [1.165, 1.54) is 0 Å². The Kier molecular flexibility index (Phi) is 10.2. The topological polar surface area (TPSA) is 93.2 Å². The molecule has 0 unspecified atom stereocenters. The smallest absolute Gasteiger partial charge is 0.251 e. The zero-order valence-corrected chi connectivity index (χ0v) is 18.7. The van der Waals surface area contributed by atoms with Gasteiger partial charge in [-0.15, -0.1) is 0 Å². The maximum absolute atomic E-state index is 12.2. The molecule has 0 aliphatic heterocycles. The molecule has 2 aromatic rings. The molecule has 2 rings (SSSR count). The second-order valence-corrected chi connectivity index (χ2v) is 6.79. The number of nitrogens with one attached hydrogen (secondary N) is 3. The summed E-state index contributed by atoms with van der Waals surface area (Å²) in [6, 6.07) is 13.1. The lowest BCUT2D eigenvalue weighted by molar-refractivity contribution is 0.0954. The van der Waals surface area contributed by atoms with Gasteiger partial charge in [0.1, 0.15) is 18.1 Å². The van der Waals surface area contributed by atoms with Crippen molar-refractivity contribution in [2.24, 2.45) is 4.99 Å². The number of nitrogens with zero attached hydrogens (tertiary/aromatic N) is 1. The minimum absolute atomic E-state index is 0.134. The molecule has 0 aliphatic rings. The Labute approximate surface area is 184 Å². The molecule has 0 bridgehead atoms. The minimum Gasteiger partial charge on any atom is -0.497 e. The first kappa shape index (κ1) is 24.0. The number of benzene rings is 2. The molecule has 0 radical (unpaired) electrons. The van der Waals surface area contributed by atoms with Crippen LogP contribution in [0, 0.1) is 6.92 Å². The van der Waals surface area contributed by atoms with E-state index in [1.54, 1.807) is 45.5 Å². The van der Waals surface area contributed by atoms with Crippen molar-refractivity contribution in [1.82, 2.24) is 16.0 Å². The number of aryl methyl sites for hydroxylation is 1. The van der Waals surface area contributed by atoms with Crippen LogP contribution in [0.5, 0.6) is 11.5 Å². The van der Waals surface area contributed by atoms with E-state index >= 15 is 0 Å². The van der Waals surface area contributed by atoms with Crippen LogP contribution >= 0.6 is 0 Å². The predicted octanol–water partition coefficient (Wildman–Crippen LogP) is 2.12. The van der Waals surface area contributed by atoms with Gasteiger partial charge < -0.3 is 30.2 Å². The van der Waals surface area contributed by atoms with Crippen LogP contribution in [-0.4, -0.2) is 59.4 Å². The second-order valence-electron chi connectivity index (χ2n) is 6.79. The molecule has 2 aromatic carbocycles. The molecule has 0 atom stereocenters. The number of ether oxygens (including phenoxy) is 3. The zero-order valence-electron chi connectivity index (χ0n) is 18.7. The van der Waals surface area contributed by atoms with Crippen molar-refractivity contribution in [3.8, 4) is 11.5 Å². The van der Waals surface area contributed by atoms with Gasteiger partial charge in [-0.2, -0.15) is 0 Å². The Morgan fingerprint density at radius 3 is 2.39 bits per heavy atom. The van der Waals surface area contributed by atoms with Crippen LogP contribution in [0.4, 0.5) is 0 Å². The van der Waals surface area contributed by atoms with Crippen LogP contribution in [0.25, 0.3) is 0 Å². The lowest BCUT2D eigenvalue weighted by Gasteiger charge is -2.15. The number of hydrogen-bond donors (Lipinski definition) is 3. The van der Waals surface area contributed by atoms with E-state index in [0.29, 0.717) is 50.1 Å². The standard InChI is InChI=1S/C23H32N4O4/c1-17-5-6-19(21(15-17)31-14-13-29-3)16-27-23(24-2)26-12-11-25-22(28)18-7-9-20(30-4)10-8-18/h5-10,15H,11-14,16H2,1-4H3,(H,25,28)(H2,24,26,27). The van der Waals surface area contributed by atoms with Crippen LogP contribution in [0.2, 0.25) is 0 Å². The summed E-state index contributed by atoms with van der Waals surface area (Å²) in [6.45, 7) is 4.61. The summed E-state index contributed by atoms with van der Waals surface area (Å²) in [5.41, 5.74) is 2.74. The number of hydrogen-bond acceptors (Lipinski definition) is 5. The summed E-state index contributed by atoms with van der Waals surface area (Å²) in [5, 5.41) is 9.34. The highest BCUT2D eigenvalue weighted by atomic mass is 16.5. The zero-order chi connectivity index (χ0) is 22.5. The number of aliphatic imine (C=N–C) groups is 1. The largest absolute Gasteiger partial charge is 0.497 e. The molecule has 1 amide bonds. The van der Waals surface area contributed by atoms with Crippen molar-refractivity contribution >= 4 is 11.9 Å². The molecule has 0 heterocycles. The quantitative estimate of drug-likeness (QED) is 0.288. The van der Waals surface area contributed by atoms with Crippen LogP contribution < -0.4 is 25.4 Å². The molecule has 168 valence electrons. The Balaban J connectivity index is 1.78. The Morgan fingerprint density at radius 1 is 0.968 bits per heavy atom. The summed E-state index contributed by atoms with van der Waals surface area (Å²) in [5.74, 6) is 2.05. The van der Waals surface area contributed by atoms with Gasteiger partial charge in [0.2, 0.25) is 0 Å². The fourth-order valence-corrected chi connectivity index (χ4v) is 2.78. The van der Waals surface area contributed by atoms with Gasteiger partial charge in [-0.05, 0) is 42.8 Å². The fraction of sp³-hybridized carbons (Fsp3) is 0.391. The van der Waals surface area contributed by atoms with Crippen molar-refractivity contribution in [2.45, 2.75) is 13.5 Å². The third-order valence-electron chi connectivity index (χ3n) is 4.49. The number of carbonyl (C=O) groups excluding carboxylic acids is 1. The normalized spacial score (nSPS) is 11.0. The average molecular weight is 429 g/mol. The molecule has 8 heteroatoms. The van der Waals surface area contributed by atoms with Crippen LogP contribution in [-0.2, 0) is 11.3 Å². The highest BCUT2D eigenvalue weighted by Gasteiger charge is 2.07. The molecular weight excluding hydrogens is 396 g/mol. The number of carbonyl (C=O) groups is 1. The molecule has 0 spiro atoms. The average Bonchev–Trinajstić information content (AvgIpc) is 2.79. The molecule has 0 aromatic heterocycles. The Hall–Kier alpha value is -3.26. The van der Waals surface area contributed by atoms with E-state index in [2.05, 4.69) is 20.9 Å². The summed E-state index contributed by atoms with van der Waals surface area (Å²) in [6.07, 6.45) is 0. The van der Waals surface area contributed by atoms with E-state index in [0.717, 1.165) is 16.9 Å². The number of amides is 1. The molecule has 0 saturated carbocycles. The highest BCUT2D eigenvalue weighted by Crippen LogP contribution is 2.20. The van der Waals surface area contributed by atoms with E-state index in [9.17, 15) is 4.79 Å². The lowest BCUT2D eigenvalue weighted by Crippen LogP contribution is -2.41. The van der Waals surface area contributed by atoms with E-state index in [-0.39, 0.29) is 5.91 Å². The van der Waals surface area contributed by atoms with Crippen molar-refractivity contribution in [3.63, 3.8) is 0 Å². The van der Waals surface area contributed by atoms with Gasteiger partial charge in [0.25, 0.3) is 5.91 Å². The van der Waals surface area contributed by atoms with Gasteiger partial charge in [0, 0.05) is 44.9 Å². The molecule has 0 aliphatic carbocycles. The third-order valence-corrected chi connectivity index (χ3v) is 4.49. The molecule has 31 heavy (non-hydrogen) atoms. The summed E-state index contributed by atoms with van der Waals surface area (Å²) in [4.78, 5) is 16.4. The minimum atomic E-state index is -0.134. The van der Waals surface area contributed by atoms with E-state index in [4.69, 9.17) is 14.2 Å². The Bertz CT molecular complexity index is 853. The molecule has 8 nitrogen and oxygen atoms in total. The van der Waals surface area contributed by atoms with Gasteiger partial charge in [0.15, 0.2) is 5.96 Å². The van der Waals surface area contributed by atoms with Gasteiger partial charge in [-0.25, -0.2) is 0 Å². The summed E-state index contributed by atoms with van der Waals surface area (Å²) in [7, 11) is 4.95. The maximum Gasteiger partial charge on any atom is 0.251 e. The second kappa shape index (κ2) is 13.1. The fourth-order valence-electron chi connectivity index (χ4n) is 2.78. The molecular formula is C23H32N4O4. The summed E-state index contributed by atoms with van der Waals surface area (Å²) >= 11 is 0. The number of rotatable bonds is 11. The van der Waals surface area contributed by atoms with Crippen LogP contribution in [0.1, 0.15) is 21.5 Å². The molecule has 0 fully saturated rings. The SMILES string of the molecule is CN=C(NCCNC(=O)c1ccc(OC)cc1)NCc1ccc(C)cc1OCCOC. The lowest BCUT2D eigenvalue weighted by atomic mass is 10.1. The first-order chi connectivity index (χ1) is 15.1. The van der Waals surface area contributed by atoms with Crippen molar-refractivity contribution in [1.29, 1.82) is 0 Å². The Morgan fingerprint density at radius 2 is 1.71 bits per heavy atom. The molecule has 3 N–H and O–H groups in total. The van der Waals surface area contributed by atoms with E-state index < -0.39 is 0 Å². The predicted molar refractivity (Wildman–Crippen MR) is 122 cm³/mol. The number of methoxy groups -OCH3 is 2. The van der Waals surface area contributed by atoms with Crippen molar-refractivity contribution < 1.29 is 19.0 Å². The van der Waals surface area contributed by atoms with Crippen molar-refractivity contribution in [2.75, 3.05) is 47.6 Å². The van der Waals surface area contributed by atoms with Crippen LogP contribution in [0.3, 0.4) is 0 Å². The molecule has 0 saturated heterocycles. The maximum atomic E-state index is 12.2. The van der Waals surface area contributed by atoms with Crippen molar-refractivity contribution in [3.05, 3.63) is 59.2 Å². The first-order valence-electron chi connectivity index (χ1n) is 10.2.